The van der Waals surface area contributed by atoms with Gasteiger partial charge in [0.1, 0.15) is 18.3 Å². The molecule has 0 radical (unpaired) electrons. The highest BCUT2D eigenvalue weighted by Gasteiger charge is 2.29. The van der Waals surface area contributed by atoms with Crippen molar-refractivity contribution in [2.45, 2.75) is 24.4 Å². The van der Waals surface area contributed by atoms with Crippen LogP contribution in [0.3, 0.4) is 0 Å². The van der Waals surface area contributed by atoms with Gasteiger partial charge >= 0.3 is 0 Å². The van der Waals surface area contributed by atoms with Crippen LogP contribution in [-0.4, -0.2) is 82.1 Å². The van der Waals surface area contributed by atoms with Crippen LogP contribution in [0.25, 0.3) is 0 Å². The van der Waals surface area contributed by atoms with E-state index < -0.39 is 31.0 Å². The Kier molecular flexibility index (Phi) is 6.17. The van der Waals surface area contributed by atoms with E-state index in [-0.39, 0.29) is 6.54 Å². The largest absolute Gasteiger partial charge is 0.394 e. The second-order valence-corrected chi connectivity index (χ2v) is 3.56. The van der Waals surface area contributed by atoms with E-state index in [0.29, 0.717) is 0 Å². The Morgan fingerprint density at radius 1 is 0.929 bits per heavy atom. The van der Waals surface area contributed by atoms with E-state index in [4.69, 9.17) is 10.2 Å². The summed E-state index contributed by atoms with van der Waals surface area (Å²) in [5.41, 5.74) is 0. The summed E-state index contributed by atoms with van der Waals surface area (Å²) in [7, 11) is 3.40. The van der Waals surface area contributed by atoms with Crippen molar-refractivity contribution in [1.82, 2.24) is 4.90 Å². The van der Waals surface area contributed by atoms with E-state index >= 15 is 0 Å². The average molecular weight is 209 g/mol. The molecule has 0 saturated carbocycles. The van der Waals surface area contributed by atoms with Gasteiger partial charge in [-0.05, 0) is 14.1 Å². The number of hydrogen-bond donors (Lipinski definition) is 5. The molecule has 0 fully saturated rings. The number of aliphatic hydroxyl groups is 5. The van der Waals surface area contributed by atoms with Crippen molar-refractivity contribution in [1.29, 1.82) is 0 Å². The Morgan fingerprint density at radius 3 is 1.71 bits per heavy atom. The van der Waals surface area contributed by atoms with Crippen LogP contribution < -0.4 is 0 Å². The van der Waals surface area contributed by atoms with E-state index in [1.807, 2.05) is 0 Å². The fraction of sp³-hybridized carbons (Fsp3) is 1.00. The van der Waals surface area contributed by atoms with E-state index in [1.165, 1.54) is 0 Å². The minimum Gasteiger partial charge on any atom is -0.394 e. The lowest BCUT2D eigenvalue weighted by molar-refractivity contribution is -0.117. The third-order valence-corrected chi connectivity index (χ3v) is 1.88. The molecular formula is C8H19NO5. The van der Waals surface area contributed by atoms with Gasteiger partial charge in [0.15, 0.2) is 0 Å². The molecule has 0 aromatic heterocycles. The first-order valence-electron chi connectivity index (χ1n) is 4.38. The Labute approximate surface area is 83.0 Å². The summed E-state index contributed by atoms with van der Waals surface area (Å²) in [5.74, 6) is 0. The molecule has 0 spiro atoms. The number of likely N-dealkylation sites (N-methyl/N-ethyl adjacent to an activating group) is 1. The molecule has 6 heteroatoms. The van der Waals surface area contributed by atoms with Gasteiger partial charge in [-0.2, -0.15) is 0 Å². The van der Waals surface area contributed by atoms with Crippen molar-refractivity contribution >= 4 is 0 Å². The molecule has 14 heavy (non-hydrogen) atoms. The van der Waals surface area contributed by atoms with Gasteiger partial charge in [-0.1, -0.05) is 0 Å². The quantitative estimate of drug-likeness (QED) is 0.319. The van der Waals surface area contributed by atoms with Crippen LogP contribution in [0.5, 0.6) is 0 Å². The summed E-state index contributed by atoms with van der Waals surface area (Å²) in [4.78, 5) is 1.63. The Bertz CT molecular complexity index is 155. The van der Waals surface area contributed by atoms with Crippen LogP contribution in [0.15, 0.2) is 0 Å². The van der Waals surface area contributed by atoms with E-state index in [1.54, 1.807) is 19.0 Å². The maximum absolute atomic E-state index is 9.36. The average Bonchev–Trinajstić information content (AvgIpc) is 2.13. The lowest BCUT2D eigenvalue weighted by Gasteiger charge is -2.27. The molecule has 0 rings (SSSR count). The van der Waals surface area contributed by atoms with Gasteiger partial charge in [-0.15, -0.1) is 0 Å². The molecule has 0 aromatic rings. The minimum atomic E-state index is -1.55. The molecule has 0 aliphatic rings. The van der Waals surface area contributed by atoms with E-state index in [0.717, 1.165) is 0 Å². The topological polar surface area (TPSA) is 104 Å². The lowest BCUT2D eigenvalue weighted by atomic mass is 10.0. The summed E-state index contributed by atoms with van der Waals surface area (Å²) in [6.07, 6.45) is -5.63. The zero-order chi connectivity index (χ0) is 11.3. The molecule has 0 saturated heterocycles. The van der Waals surface area contributed by atoms with Gasteiger partial charge < -0.3 is 30.4 Å². The first kappa shape index (κ1) is 13.8. The molecule has 5 N–H and O–H groups in total. The molecule has 0 heterocycles. The molecule has 6 nitrogen and oxygen atoms in total. The zero-order valence-corrected chi connectivity index (χ0v) is 8.41. The second kappa shape index (κ2) is 6.28. The van der Waals surface area contributed by atoms with Crippen molar-refractivity contribution in [3.05, 3.63) is 0 Å². The highest BCUT2D eigenvalue weighted by atomic mass is 16.4. The minimum absolute atomic E-state index is 0.163. The predicted molar refractivity (Wildman–Crippen MR) is 49.7 cm³/mol. The third kappa shape index (κ3) is 4.32. The summed E-state index contributed by atoms with van der Waals surface area (Å²) in [6.45, 7) is -0.497. The first-order chi connectivity index (χ1) is 6.40. The maximum Gasteiger partial charge on any atom is 0.111 e. The summed E-state index contributed by atoms with van der Waals surface area (Å²) >= 11 is 0. The van der Waals surface area contributed by atoms with E-state index in [9.17, 15) is 15.3 Å². The number of rotatable bonds is 6. The monoisotopic (exact) mass is 209 g/mol. The zero-order valence-electron chi connectivity index (χ0n) is 8.41. The van der Waals surface area contributed by atoms with Crippen molar-refractivity contribution in [3.63, 3.8) is 0 Å². The highest BCUT2D eigenvalue weighted by Crippen LogP contribution is 2.05. The van der Waals surface area contributed by atoms with Crippen molar-refractivity contribution in [3.8, 4) is 0 Å². The molecule has 0 aliphatic heterocycles. The normalized spacial score (nSPS) is 20.6. The molecule has 86 valence electrons. The number of hydrogen-bond acceptors (Lipinski definition) is 6. The van der Waals surface area contributed by atoms with Crippen LogP contribution in [0.1, 0.15) is 0 Å². The molecule has 0 bridgehead atoms. The highest BCUT2D eigenvalue weighted by molar-refractivity contribution is 4.81. The van der Waals surface area contributed by atoms with Crippen molar-refractivity contribution < 1.29 is 25.5 Å². The standard InChI is InChI=1S/C8H19NO5/c1-9(2)3-5(11)7(13)8(14)6(12)4-10/h5-8,10-14H,3-4H2,1-2H3/t5-,6-,7-,8+/m0/s1. The predicted octanol–water partition coefficient (Wildman–Crippen LogP) is -3.02. The molecule has 4 atom stereocenters. The second-order valence-electron chi connectivity index (χ2n) is 3.56. The van der Waals surface area contributed by atoms with Gasteiger partial charge in [0.05, 0.1) is 12.7 Å². The number of nitrogens with zero attached hydrogens (tertiary/aromatic N) is 1. The Morgan fingerprint density at radius 2 is 1.36 bits per heavy atom. The SMILES string of the molecule is CN(C)C[C@H](O)[C@H](O)[C@H](O)[C@@H](O)CO. The van der Waals surface area contributed by atoms with Gasteiger partial charge in [0.25, 0.3) is 0 Å². The van der Waals surface area contributed by atoms with Crippen LogP contribution in [0.2, 0.25) is 0 Å². The van der Waals surface area contributed by atoms with Crippen molar-refractivity contribution in [2.75, 3.05) is 27.2 Å². The van der Waals surface area contributed by atoms with Crippen LogP contribution >= 0.6 is 0 Å². The smallest absolute Gasteiger partial charge is 0.111 e. The first-order valence-corrected chi connectivity index (χ1v) is 4.38. The maximum atomic E-state index is 9.36. The fourth-order valence-corrected chi connectivity index (χ4v) is 1.05. The third-order valence-electron chi connectivity index (χ3n) is 1.88. The number of aliphatic hydroxyl groups excluding tert-OH is 5. The van der Waals surface area contributed by atoms with Gasteiger partial charge in [0.2, 0.25) is 0 Å². The van der Waals surface area contributed by atoms with Crippen LogP contribution in [0, 0.1) is 0 Å². The molecule has 0 amide bonds. The molecular weight excluding hydrogens is 190 g/mol. The lowest BCUT2D eigenvalue weighted by Crippen LogP contribution is -2.48. The van der Waals surface area contributed by atoms with Gasteiger partial charge in [-0.3, -0.25) is 0 Å². The Balaban J connectivity index is 4.09. The van der Waals surface area contributed by atoms with Gasteiger partial charge in [0, 0.05) is 6.54 Å². The van der Waals surface area contributed by atoms with Crippen molar-refractivity contribution in [2.24, 2.45) is 0 Å². The Hall–Kier alpha value is -0.240. The van der Waals surface area contributed by atoms with Crippen LogP contribution in [0.4, 0.5) is 0 Å². The van der Waals surface area contributed by atoms with Crippen LogP contribution in [-0.2, 0) is 0 Å². The molecule has 0 aliphatic carbocycles. The summed E-state index contributed by atoms with van der Waals surface area (Å²) in [5, 5.41) is 45.4. The summed E-state index contributed by atoms with van der Waals surface area (Å²) < 4.78 is 0. The molecule has 0 aromatic carbocycles. The van der Waals surface area contributed by atoms with Gasteiger partial charge in [-0.25, -0.2) is 0 Å². The fourth-order valence-electron chi connectivity index (χ4n) is 1.05. The van der Waals surface area contributed by atoms with E-state index in [2.05, 4.69) is 0 Å². The molecule has 0 unspecified atom stereocenters. The summed E-state index contributed by atoms with van der Waals surface area (Å²) in [6, 6.07) is 0.